The van der Waals surface area contributed by atoms with Crippen LogP contribution in [0.25, 0.3) is 0 Å². The number of nitrogens with zero attached hydrogens (tertiary/aromatic N) is 1. The average Bonchev–Trinajstić information content (AvgIpc) is 2.37. The zero-order valence-corrected chi connectivity index (χ0v) is 13.0. The van der Waals surface area contributed by atoms with E-state index < -0.39 is 0 Å². The summed E-state index contributed by atoms with van der Waals surface area (Å²) in [6, 6.07) is 6.68. The first-order valence-corrected chi connectivity index (χ1v) is 7.19. The second kappa shape index (κ2) is 8.35. The highest BCUT2D eigenvalue weighted by Gasteiger charge is 2.24. The first-order chi connectivity index (χ1) is 9.45. The number of benzene rings is 1. The number of hydrogen-bond donors (Lipinski definition) is 1. The van der Waals surface area contributed by atoms with Gasteiger partial charge in [-0.2, -0.15) is 0 Å². The van der Waals surface area contributed by atoms with Crippen molar-refractivity contribution in [2.24, 2.45) is 11.7 Å². The van der Waals surface area contributed by atoms with Gasteiger partial charge in [-0.05, 0) is 30.5 Å². The fraction of sp³-hybridized carbons (Fsp3) is 0.625. The van der Waals surface area contributed by atoms with Gasteiger partial charge in [0.25, 0.3) is 0 Å². The molecule has 1 aromatic carbocycles. The molecule has 4 heteroatoms. The number of rotatable bonds is 8. The van der Waals surface area contributed by atoms with Crippen molar-refractivity contribution < 1.29 is 9.13 Å². The summed E-state index contributed by atoms with van der Waals surface area (Å²) in [5.41, 5.74) is 7.23. The standard InChI is InChI=1S/C16H27FN2O/c1-12(2)11-19(9-10-20-4)16(13(3)18)14-5-7-15(17)8-6-14/h5-8,12-13,16H,9-11,18H2,1-4H3. The largest absolute Gasteiger partial charge is 0.383 e. The maximum absolute atomic E-state index is 13.1. The number of halogens is 1. The van der Waals surface area contributed by atoms with Gasteiger partial charge in [-0.25, -0.2) is 4.39 Å². The van der Waals surface area contributed by atoms with Crippen LogP contribution >= 0.6 is 0 Å². The topological polar surface area (TPSA) is 38.5 Å². The molecule has 0 bridgehead atoms. The summed E-state index contributed by atoms with van der Waals surface area (Å²) in [6.45, 7) is 8.78. The van der Waals surface area contributed by atoms with Gasteiger partial charge in [0, 0.05) is 32.3 Å². The summed E-state index contributed by atoms with van der Waals surface area (Å²) in [7, 11) is 1.70. The highest BCUT2D eigenvalue weighted by Crippen LogP contribution is 2.24. The molecule has 0 saturated heterocycles. The van der Waals surface area contributed by atoms with Gasteiger partial charge in [0.2, 0.25) is 0 Å². The Morgan fingerprint density at radius 2 is 1.80 bits per heavy atom. The van der Waals surface area contributed by atoms with Crippen LogP contribution in [0.15, 0.2) is 24.3 Å². The van der Waals surface area contributed by atoms with Gasteiger partial charge in [0.1, 0.15) is 5.82 Å². The maximum Gasteiger partial charge on any atom is 0.123 e. The monoisotopic (exact) mass is 282 g/mol. The Kier molecular flexibility index (Phi) is 7.13. The minimum atomic E-state index is -0.218. The first kappa shape index (κ1) is 17.1. The van der Waals surface area contributed by atoms with Crippen LogP contribution in [-0.2, 0) is 4.74 Å². The van der Waals surface area contributed by atoms with Crippen molar-refractivity contribution in [1.82, 2.24) is 4.90 Å². The molecule has 0 saturated carbocycles. The van der Waals surface area contributed by atoms with Gasteiger partial charge in [-0.3, -0.25) is 4.90 Å². The fourth-order valence-electron chi connectivity index (χ4n) is 2.53. The number of nitrogens with two attached hydrogens (primary N) is 1. The molecular formula is C16H27FN2O. The van der Waals surface area contributed by atoms with Gasteiger partial charge >= 0.3 is 0 Å². The predicted octanol–water partition coefficient (Wildman–Crippen LogP) is 2.82. The summed E-state index contributed by atoms with van der Waals surface area (Å²) in [4.78, 5) is 2.33. The molecule has 20 heavy (non-hydrogen) atoms. The SMILES string of the molecule is COCCN(CC(C)C)C(c1ccc(F)cc1)C(C)N. The molecule has 0 aliphatic carbocycles. The molecule has 0 aliphatic rings. The maximum atomic E-state index is 13.1. The first-order valence-electron chi connectivity index (χ1n) is 7.19. The van der Waals surface area contributed by atoms with Crippen LogP contribution in [0.1, 0.15) is 32.4 Å². The summed E-state index contributed by atoms with van der Waals surface area (Å²) >= 11 is 0. The number of ether oxygens (including phenoxy) is 1. The third kappa shape index (κ3) is 5.19. The van der Waals surface area contributed by atoms with Crippen LogP contribution < -0.4 is 5.73 Å². The Hall–Kier alpha value is -0.970. The molecule has 0 aromatic heterocycles. The molecule has 0 heterocycles. The van der Waals surface area contributed by atoms with Crippen LogP contribution in [0.5, 0.6) is 0 Å². The van der Waals surface area contributed by atoms with Gasteiger partial charge in [0.05, 0.1) is 6.61 Å². The molecule has 114 valence electrons. The van der Waals surface area contributed by atoms with E-state index in [4.69, 9.17) is 10.5 Å². The van der Waals surface area contributed by atoms with Gasteiger partial charge in [-0.15, -0.1) is 0 Å². The third-order valence-corrected chi connectivity index (χ3v) is 3.29. The van der Waals surface area contributed by atoms with E-state index in [1.54, 1.807) is 7.11 Å². The van der Waals surface area contributed by atoms with Crippen LogP contribution in [0, 0.1) is 11.7 Å². The molecule has 0 fully saturated rings. The summed E-state index contributed by atoms with van der Waals surface area (Å²) in [5, 5.41) is 0. The Labute approximate surface area is 121 Å². The van der Waals surface area contributed by atoms with Gasteiger partial charge < -0.3 is 10.5 Å². The van der Waals surface area contributed by atoms with Gasteiger partial charge in [0.15, 0.2) is 0 Å². The van der Waals surface area contributed by atoms with Crippen molar-refractivity contribution in [2.75, 3.05) is 26.8 Å². The predicted molar refractivity (Wildman–Crippen MR) is 81.1 cm³/mol. The lowest BCUT2D eigenvalue weighted by molar-refractivity contribution is 0.101. The molecule has 0 spiro atoms. The average molecular weight is 282 g/mol. The molecule has 0 aliphatic heterocycles. The van der Waals surface area contributed by atoms with Crippen LogP contribution in [0.4, 0.5) is 4.39 Å². The molecule has 1 rings (SSSR count). The molecule has 0 amide bonds. The van der Waals surface area contributed by atoms with E-state index >= 15 is 0 Å². The number of hydrogen-bond acceptors (Lipinski definition) is 3. The molecule has 0 radical (unpaired) electrons. The van der Waals surface area contributed by atoms with Gasteiger partial charge in [-0.1, -0.05) is 26.0 Å². The lowest BCUT2D eigenvalue weighted by Gasteiger charge is -2.35. The normalized spacial score (nSPS) is 14.8. The van der Waals surface area contributed by atoms with E-state index in [2.05, 4.69) is 18.7 Å². The van der Waals surface area contributed by atoms with E-state index in [1.807, 2.05) is 19.1 Å². The Morgan fingerprint density at radius 1 is 1.20 bits per heavy atom. The minimum Gasteiger partial charge on any atom is -0.383 e. The Morgan fingerprint density at radius 3 is 2.25 bits per heavy atom. The Bertz CT molecular complexity index is 379. The lowest BCUT2D eigenvalue weighted by atomic mass is 9.98. The van der Waals surface area contributed by atoms with Crippen molar-refractivity contribution >= 4 is 0 Å². The highest BCUT2D eigenvalue weighted by molar-refractivity contribution is 5.21. The molecule has 3 nitrogen and oxygen atoms in total. The zero-order chi connectivity index (χ0) is 15.1. The molecular weight excluding hydrogens is 255 g/mol. The summed E-state index contributed by atoms with van der Waals surface area (Å²) in [6.07, 6.45) is 0. The quantitative estimate of drug-likeness (QED) is 0.797. The van der Waals surface area contributed by atoms with Crippen LogP contribution in [-0.4, -0.2) is 37.7 Å². The zero-order valence-electron chi connectivity index (χ0n) is 13.0. The number of methoxy groups -OCH3 is 1. The van der Waals surface area contributed by atoms with Crippen LogP contribution in [0.2, 0.25) is 0 Å². The third-order valence-electron chi connectivity index (χ3n) is 3.29. The summed E-state index contributed by atoms with van der Waals surface area (Å²) in [5.74, 6) is 0.318. The second-order valence-electron chi connectivity index (χ2n) is 5.74. The van der Waals surface area contributed by atoms with E-state index in [0.29, 0.717) is 12.5 Å². The van der Waals surface area contributed by atoms with Crippen LogP contribution in [0.3, 0.4) is 0 Å². The van der Waals surface area contributed by atoms with Crippen molar-refractivity contribution in [3.05, 3.63) is 35.6 Å². The smallest absolute Gasteiger partial charge is 0.123 e. The van der Waals surface area contributed by atoms with Crippen molar-refractivity contribution in [3.63, 3.8) is 0 Å². The molecule has 2 N–H and O–H groups in total. The molecule has 2 atom stereocenters. The molecule has 2 unspecified atom stereocenters. The highest BCUT2D eigenvalue weighted by atomic mass is 19.1. The minimum absolute atomic E-state index is 0.0314. The fourth-order valence-corrected chi connectivity index (χ4v) is 2.53. The summed E-state index contributed by atoms with van der Waals surface area (Å²) < 4.78 is 18.3. The second-order valence-corrected chi connectivity index (χ2v) is 5.74. The van der Waals surface area contributed by atoms with Crippen molar-refractivity contribution in [2.45, 2.75) is 32.9 Å². The van der Waals surface area contributed by atoms with E-state index in [1.165, 1.54) is 12.1 Å². The van der Waals surface area contributed by atoms with E-state index in [0.717, 1.165) is 18.7 Å². The molecule has 1 aromatic rings. The lowest BCUT2D eigenvalue weighted by Crippen LogP contribution is -2.42. The van der Waals surface area contributed by atoms with E-state index in [-0.39, 0.29) is 17.9 Å². The van der Waals surface area contributed by atoms with Crippen molar-refractivity contribution in [3.8, 4) is 0 Å². The van der Waals surface area contributed by atoms with E-state index in [9.17, 15) is 4.39 Å². The van der Waals surface area contributed by atoms with Crippen molar-refractivity contribution in [1.29, 1.82) is 0 Å². The Balaban J connectivity index is 2.96.